The molecule has 3 aromatic heterocycles. The van der Waals surface area contributed by atoms with Crippen molar-refractivity contribution in [3.63, 3.8) is 0 Å². The van der Waals surface area contributed by atoms with Crippen LogP contribution >= 0.6 is 0 Å². The molecule has 214 valence electrons. The first-order valence-corrected chi connectivity index (χ1v) is 13.1. The van der Waals surface area contributed by atoms with E-state index < -0.39 is 17.5 Å². The van der Waals surface area contributed by atoms with Gasteiger partial charge in [0.25, 0.3) is 0 Å². The molecule has 0 saturated carbocycles. The second-order valence-corrected chi connectivity index (χ2v) is 9.67. The van der Waals surface area contributed by atoms with Crippen molar-refractivity contribution in [2.75, 3.05) is 19.7 Å². The third kappa shape index (κ3) is 6.34. The van der Waals surface area contributed by atoms with Crippen LogP contribution < -0.4 is 10.1 Å². The lowest BCUT2D eigenvalue weighted by atomic mass is 9.98. The average Bonchev–Trinajstić information content (AvgIpc) is 3.56. The van der Waals surface area contributed by atoms with Crippen LogP contribution in [0, 0.1) is 6.92 Å². The van der Waals surface area contributed by atoms with Gasteiger partial charge >= 0.3 is 6.18 Å². The van der Waals surface area contributed by atoms with Crippen molar-refractivity contribution < 1.29 is 27.5 Å². The maximum absolute atomic E-state index is 14.4. The maximum Gasteiger partial charge on any atom is 0.433 e. The van der Waals surface area contributed by atoms with E-state index in [0.29, 0.717) is 30.9 Å². The van der Waals surface area contributed by atoms with Gasteiger partial charge in [-0.2, -0.15) is 18.3 Å². The number of ether oxygens (including phenoxy) is 1. The van der Waals surface area contributed by atoms with Crippen LogP contribution in [-0.4, -0.2) is 55.3 Å². The molecule has 12 heteroatoms. The fraction of sp³-hybridized carbons (Fsp3) is 0.429. The maximum atomic E-state index is 14.4. The van der Waals surface area contributed by atoms with Crippen molar-refractivity contribution in [2.24, 2.45) is 0 Å². The molecule has 0 aliphatic carbocycles. The van der Waals surface area contributed by atoms with Gasteiger partial charge in [0.15, 0.2) is 17.3 Å². The van der Waals surface area contributed by atoms with Crippen molar-refractivity contribution >= 4 is 0 Å². The summed E-state index contributed by atoms with van der Waals surface area (Å²) in [5, 5.41) is 21.8. The van der Waals surface area contributed by atoms with Crippen molar-refractivity contribution in [3.8, 4) is 39.7 Å². The normalized spacial score (nSPS) is 13.4. The Hall–Kier alpha value is -3.77. The summed E-state index contributed by atoms with van der Waals surface area (Å²) >= 11 is 0. The SMILES string of the molecule is CCNCCOc1cccc(-c2noc(-c3cnn(CCC(C)(O)CC)c3C(F)(F)F)c2-c2ncccn2)c1C. The number of hydrogen-bond acceptors (Lipinski definition) is 8. The highest BCUT2D eigenvalue weighted by Gasteiger charge is 2.41. The fourth-order valence-electron chi connectivity index (χ4n) is 4.27. The summed E-state index contributed by atoms with van der Waals surface area (Å²) in [6.07, 6.45) is -0.187. The Morgan fingerprint density at radius 2 is 1.85 bits per heavy atom. The molecular weight excluding hydrogens is 525 g/mol. The number of nitrogens with one attached hydrogen (secondary N) is 1. The molecule has 1 aromatic carbocycles. The van der Waals surface area contributed by atoms with Crippen LogP contribution in [0.3, 0.4) is 0 Å². The summed E-state index contributed by atoms with van der Waals surface area (Å²) in [5.41, 5.74) is -0.584. The quantitative estimate of drug-likeness (QED) is 0.219. The Morgan fingerprint density at radius 3 is 2.52 bits per heavy atom. The second-order valence-electron chi connectivity index (χ2n) is 9.67. The first-order chi connectivity index (χ1) is 19.1. The van der Waals surface area contributed by atoms with Gasteiger partial charge in [0.2, 0.25) is 0 Å². The van der Waals surface area contributed by atoms with Crippen LogP contribution in [0.25, 0.3) is 34.0 Å². The van der Waals surface area contributed by atoms with E-state index in [4.69, 9.17) is 9.26 Å². The minimum absolute atomic E-state index is 0.0871. The summed E-state index contributed by atoms with van der Waals surface area (Å²) in [7, 11) is 0. The monoisotopic (exact) mass is 558 g/mol. The molecule has 1 atom stereocenters. The van der Waals surface area contributed by atoms with Gasteiger partial charge in [-0.1, -0.05) is 31.1 Å². The van der Waals surface area contributed by atoms with Crippen molar-refractivity contribution in [3.05, 3.63) is 54.1 Å². The Bertz CT molecular complexity index is 1420. The molecule has 0 spiro atoms. The van der Waals surface area contributed by atoms with Gasteiger partial charge in [0.1, 0.15) is 18.1 Å². The number of aryl methyl sites for hydroxylation is 1. The highest BCUT2D eigenvalue weighted by atomic mass is 19.4. The van der Waals surface area contributed by atoms with E-state index in [-0.39, 0.29) is 41.4 Å². The van der Waals surface area contributed by atoms with E-state index in [2.05, 4.69) is 25.5 Å². The molecule has 0 saturated heterocycles. The minimum atomic E-state index is -4.76. The molecule has 3 heterocycles. The number of aromatic nitrogens is 5. The van der Waals surface area contributed by atoms with Crippen molar-refractivity contribution in [1.29, 1.82) is 0 Å². The molecule has 9 nitrogen and oxygen atoms in total. The molecule has 4 aromatic rings. The zero-order chi connectivity index (χ0) is 28.9. The topological polar surface area (TPSA) is 111 Å². The molecule has 0 amide bonds. The highest BCUT2D eigenvalue weighted by molar-refractivity contribution is 5.89. The average molecular weight is 559 g/mol. The second kappa shape index (κ2) is 12.2. The van der Waals surface area contributed by atoms with E-state index >= 15 is 0 Å². The number of alkyl halides is 3. The van der Waals surface area contributed by atoms with E-state index in [1.165, 1.54) is 12.4 Å². The van der Waals surface area contributed by atoms with Crippen molar-refractivity contribution in [1.82, 2.24) is 30.2 Å². The number of hydrogen-bond donors (Lipinski definition) is 2. The number of rotatable bonds is 12. The van der Waals surface area contributed by atoms with Crippen LogP contribution in [0.15, 0.2) is 47.4 Å². The fourth-order valence-corrected chi connectivity index (χ4v) is 4.27. The number of nitrogens with zero attached hydrogens (tertiary/aromatic N) is 5. The third-order valence-corrected chi connectivity index (χ3v) is 6.78. The standard InChI is InChI=1S/C28H33F3N6O3/c1-5-27(4,38)11-15-37-25(28(29,30)31)20(17-35-37)24-22(26-33-12-8-13-34-26)23(36-40-24)19-9-7-10-21(18(19)3)39-16-14-32-6-2/h7-10,12-13,17,32,38H,5-6,11,14-16H2,1-4H3. The molecule has 2 N–H and O–H groups in total. The van der Waals surface area contributed by atoms with Gasteiger partial charge < -0.3 is 19.7 Å². The molecule has 0 bridgehead atoms. The van der Waals surface area contributed by atoms with Gasteiger partial charge in [-0.15, -0.1) is 0 Å². The molecular formula is C28H33F3N6O3. The predicted octanol–water partition coefficient (Wildman–Crippen LogP) is 5.53. The van der Waals surface area contributed by atoms with E-state index in [9.17, 15) is 18.3 Å². The van der Waals surface area contributed by atoms with Crippen LogP contribution in [0.2, 0.25) is 0 Å². The number of benzene rings is 1. The molecule has 0 fully saturated rings. The van der Waals surface area contributed by atoms with Gasteiger partial charge in [-0.05, 0) is 45.4 Å². The van der Waals surface area contributed by atoms with E-state index in [0.717, 1.165) is 23.0 Å². The predicted molar refractivity (Wildman–Crippen MR) is 143 cm³/mol. The summed E-state index contributed by atoms with van der Waals surface area (Å²) in [5.74, 6) is 0.618. The molecule has 0 aliphatic heterocycles. The van der Waals surface area contributed by atoms with E-state index in [1.54, 1.807) is 32.0 Å². The van der Waals surface area contributed by atoms with Gasteiger partial charge in [0, 0.05) is 36.6 Å². The Morgan fingerprint density at radius 1 is 1.10 bits per heavy atom. The first kappa shape index (κ1) is 29.2. The third-order valence-electron chi connectivity index (χ3n) is 6.78. The molecule has 4 rings (SSSR count). The lowest BCUT2D eigenvalue weighted by Crippen LogP contribution is -2.26. The van der Waals surface area contributed by atoms with Gasteiger partial charge in [0.05, 0.1) is 22.9 Å². The summed E-state index contributed by atoms with van der Waals surface area (Å²) in [6.45, 7) is 8.98. The smallest absolute Gasteiger partial charge is 0.433 e. The minimum Gasteiger partial charge on any atom is -0.492 e. The number of likely N-dealkylation sites (N-methyl/N-ethyl adjacent to an activating group) is 1. The van der Waals surface area contributed by atoms with E-state index in [1.807, 2.05) is 19.9 Å². The number of halogens is 3. The zero-order valence-electron chi connectivity index (χ0n) is 22.9. The lowest BCUT2D eigenvalue weighted by molar-refractivity contribution is -0.144. The molecule has 40 heavy (non-hydrogen) atoms. The van der Waals surface area contributed by atoms with Crippen LogP contribution in [0.4, 0.5) is 13.2 Å². The lowest BCUT2D eigenvalue weighted by Gasteiger charge is -2.22. The molecule has 0 aliphatic rings. The Labute approximate surface area is 230 Å². The van der Waals surface area contributed by atoms with Gasteiger partial charge in [-0.25, -0.2) is 9.97 Å². The van der Waals surface area contributed by atoms with Gasteiger partial charge in [-0.3, -0.25) is 4.68 Å². The zero-order valence-corrected chi connectivity index (χ0v) is 22.9. The Balaban J connectivity index is 1.84. The molecule has 1 unspecified atom stereocenters. The van der Waals surface area contributed by atoms with Crippen LogP contribution in [0.1, 0.15) is 44.9 Å². The molecule has 0 radical (unpaired) electrons. The Kier molecular flexibility index (Phi) is 8.89. The summed E-state index contributed by atoms with van der Waals surface area (Å²) in [4.78, 5) is 8.60. The highest BCUT2D eigenvalue weighted by Crippen LogP contribution is 2.45. The van der Waals surface area contributed by atoms with Crippen molar-refractivity contribution in [2.45, 2.75) is 58.9 Å². The first-order valence-electron chi connectivity index (χ1n) is 13.1. The summed E-state index contributed by atoms with van der Waals surface area (Å²) in [6, 6.07) is 7.01. The summed E-state index contributed by atoms with van der Waals surface area (Å²) < 4.78 is 55.7. The largest absolute Gasteiger partial charge is 0.492 e. The van der Waals surface area contributed by atoms with Crippen LogP contribution in [0.5, 0.6) is 5.75 Å². The number of aliphatic hydroxyl groups is 1. The van der Waals surface area contributed by atoms with Crippen LogP contribution in [-0.2, 0) is 12.7 Å².